The molecule has 13 heteroatoms. The average molecular weight is 479 g/mol. The zero-order chi connectivity index (χ0) is 19.4. The molecule has 0 spiro atoms. The fraction of sp³-hybridized carbons (Fsp3) is 0.750. The van der Waals surface area contributed by atoms with Crippen molar-refractivity contribution in [3.05, 3.63) is 0 Å². The fourth-order valence-corrected chi connectivity index (χ4v) is 2.04. The van der Waals surface area contributed by atoms with Crippen molar-refractivity contribution < 1.29 is 14.4 Å². The minimum atomic E-state index is -1.15. The molecule has 0 fully saturated rings. The smallest absolute Gasteiger partial charge is 0.253 e. The van der Waals surface area contributed by atoms with Crippen LogP contribution in [0, 0.1) is 0 Å². The van der Waals surface area contributed by atoms with Crippen molar-refractivity contribution in [1.29, 1.82) is 0 Å². The standard InChI is InChI=1S/C12H18Cl6N4O3/c13-7(14)10(23)19-1-4-22(5-2-20-11(24)8(15)16)6-3-21-12(25)9(17)18/h7-9H,1-6H2,(H,19,23)(H,20,24)(H,21,25). The summed E-state index contributed by atoms with van der Waals surface area (Å²) in [5.74, 6) is -1.53. The number of carbonyl (C=O) groups excluding carboxylic acids is 3. The Morgan fingerprint density at radius 1 is 0.600 bits per heavy atom. The number of rotatable bonds is 12. The Hall–Kier alpha value is 0.110. The molecule has 3 N–H and O–H groups in total. The van der Waals surface area contributed by atoms with E-state index in [-0.39, 0.29) is 19.6 Å². The van der Waals surface area contributed by atoms with Gasteiger partial charge < -0.3 is 16.0 Å². The first kappa shape index (κ1) is 25.1. The SMILES string of the molecule is O=C(NCCN(CCNC(=O)C(Cl)Cl)CCNC(=O)C(Cl)Cl)C(Cl)Cl. The Balaban J connectivity index is 4.31. The molecule has 0 atom stereocenters. The van der Waals surface area contributed by atoms with Gasteiger partial charge in [0.05, 0.1) is 0 Å². The van der Waals surface area contributed by atoms with E-state index in [0.717, 1.165) is 0 Å². The third-order valence-corrected chi connectivity index (χ3v) is 3.97. The normalized spacial score (nSPS) is 11.3. The lowest BCUT2D eigenvalue weighted by molar-refractivity contribution is -0.120. The largest absolute Gasteiger partial charge is 0.352 e. The van der Waals surface area contributed by atoms with E-state index >= 15 is 0 Å². The molecule has 0 aromatic heterocycles. The van der Waals surface area contributed by atoms with Gasteiger partial charge in [0.15, 0.2) is 14.5 Å². The van der Waals surface area contributed by atoms with Crippen LogP contribution in [0.5, 0.6) is 0 Å². The minimum Gasteiger partial charge on any atom is -0.352 e. The number of amides is 3. The number of alkyl halides is 6. The maximum Gasteiger partial charge on any atom is 0.253 e. The third kappa shape index (κ3) is 13.0. The molecule has 0 bridgehead atoms. The summed E-state index contributed by atoms with van der Waals surface area (Å²) in [5.41, 5.74) is 0. The summed E-state index contributed by atoms with van der Waals surface area (Å²) in [5, 5.41) is 7.63. The monoisotopic (exact) mass is 476 g/mol. The maximum absolute atomic E-state index is 11.3. The predicted molar refractivity (Wildman–Crippen MR) is 102 cm³/mol. The maximum atomic E-state index is 11.3. The second kappa shape index (κ2) is 14.2. The molecule has 0 aliphatic rings. The van der Waals surface area contributed by atoms with Crippen molar-refractivity contribution in [1.82, 2.24) is 20.9 Å². The summed E-state index contributed by atoms with van der Waals surface area (Å²) in [6.07, 6.45) is 0. The van der Waals surface area contributed by atoms with Crippen LogP contribution in [-0.4, -0.2) is 76.4 Å². The Kier molecular flexibility index (Phi) is 14.3. The number of nitrogens with one attached hydrogen (secondary N) is 3. The third-order valence-electron chi connectivity index (χ3n) is 2.78. The Bertz CT molecular complexity index is 377. The van der Waals surface area contributed by atoms with Crippen molar-refractivity contribution >= 4 is 87.3 Å². The lowest BCUT2D eigenvalue weighted by Crippen LogP contribution is -2.44. The van der Waals surface area contributed by atoms with Crippen LogP contribution in [0.25, 0.3) is 0 Å². The molecule has 25 heavy (non-hydrogen) atoms. The molecule has 0 aromatic rings. The zero-order valence-corrected chi connectivity index (χ0v) is 17.5. The van der Waals surface area contributed by atoms with E-state index in [1.165, 1.54) is 0 Å². The molecule has 0 rings (SSSR count). The first-order chi connectivity index (χ1) is 11.6. The second-order valence-electron chi connectivity index (χ2n) is 4.62. The van der Waals surface area contributed by atoms with Gasteiger partial charge in [-0.2, -0.15) is 0 Å². The van der Waals surface area contributed by atoms with Crippen LogP contribution in [0.1, 0.15) is 0 Å². The number of hydrogen-bond donors (Lipinski definition) is 3. The molecule has 0 aromatic carbocycles. The van der Waals surface area contributed by atoms with Gasteiger partial charge in [0.1, 0.15) is 0 Å². The van der Waals surface area contributed by atoms with E-state index in [2.05, 4.69) is 16.0 Å². The van der Waals surface area contributed by atoms with Crippen LogP contribution in [0.2, 0.25) is 0 Å². The molecule has 0 heterocycles. The van der Waals surface area contributed by atoms with Gasteiger partial charge in [0, 0.05) is 39.3 Å². The molecule has 0 aliphatic heterocycles. The van der Waals surface area contributed by atoms with Gasteiger partial charge in [0.2, 0.25) is 0 Å². The molecule has 7 nitrogen and oxygen atoms in total. The summed E-state index contributed by atoms with van der Waals surface area (Å²) >= 11 is 32.6. The number of carbonyl (C=O) groups is 3. The first-order valence-corrected chi connectivity index (χ1v) is 9.67. The number of hydrogen-bond acceptors (Lipinski definition) is 4. The molecule has 146 valence electrons. The summed E-state index contributed by atoms with van der Waals surface area (Å²) in [6, 6.07) is 0. The van der Waals surface area contributed by atoms with Gasteiger partial charge in [-0.05, 0) is 0 Å². The number of nitrogens with zero attached hydrogens (tertiary/aromatic N) is 1. The van der Waals surface area contributed by atoms with Gasteiger partial charge >= 0.3 is 0 Å². The van der Waals surface area contributed by atoms with Crippen molar-refractivity contribution in [2.24, 2.45) is 0 Å². The van der Waals surface area contributed by atoms with E-state index in [9.17, 15) is 14.4 Å². The van der Waals surface area contributed by atoms with Crippen molar-refractivity contribution in [2.45, 2.75) is 14.5 Å². The van der Waals surface area contributed by atoms with Crippen LogP contribution in [0.3, 0.4) is 0 Å². The highest BCUT2D eigenvalue weighted by Gasteiger charge is 2.14. The lowest BCUT2D eigenvalue weighted by Gasteiger charge is -2.23. The van der Waals surface area contributed by atoms with Crippen LogP contribution in [0.15, 0.2) is 0 Å². The molecule has 0 unspecified atom stereocenters. The van der Waals surface area contributed by atoms with Crippen molar-refractivity contribution in [3.8, 4) is 0 Å². The molecular formula is C12H18Cl6N4O3. The van der Waals surface area contributed by atoms with Crippen LogP contribution in [0.4, 0.5) is 0 Å². The minimum absolute atomic E-state index is 0.276. The van der Waals surface area contributed by atoms with E-state index < -0.39 is 32.2 Å². The van der Waals surface area contributed by atoms with Gasteiger partial charge in [-0.15, -0.1) is 0 Å². The lowest BCUT2D eigenvalue weighted by atomic mass is 10.4. The summed E-state index contributed by atoms with van der Waals surface area (Å²) in [7, 11) is 0. The highest BCUT2D eigenvalue weighted by atomic mass is 35.5. The van der Waals surface area contributed by atoms with E-state index in [1.807, 2.05) is 4.90 Å². The predicted octanol–water partition coefficient (Wildman–Crippen LogP) is 1.05. The van der Waals surface area contributed by atoms with Crippen LogP contribution in [-0.2, 0) is 14.4 Å². The number of halogens is 6. The second-order valence-corrected chi connectivity index (χ2v) is 7.91. The van der Waals surface area contributed by atoms with E-state index in [0.29, 0.717) is 19.6 Å². The van der Waals surface area contributed by atoms with Gasteiger partial charge in [0.25, 0.3) is 17.7 Å². The molecule has 0 saturated heterocycles. The Labute approximate surface area is 175 Å². The summed E-state index contributed by atoms with van der Waals surface area (Å²) in [6.45, 7) is 2.10. The average Bonchev–Trinajstić information content (AvgIpc) is 2.53. The van der Waals surface area contributed by atoms with Crippen LogP contribution < -0.4 is 16.0 Å². The highest BCUT2D eigenvalue weighted by Crippen LogP contribution is 2.02. The summed E-state index contributed by atoms with van der Waals surface area (Å²) in [4.78, 5) is 32.4. The molecule has 0 saturated carbocycles. The van der Waals surface area contributed by atoms with Crippen molar-refractivity contribution in [3.63, 3.8) is 0 Å². The van der Waals surface area contributed by atoms with E-state index in [4.69, 9.17) is 69.6 Å². The topological polar surface area (TPSA) is 90.5 Å². The quantitative estimate of drug-likeness (QED) is 0.366. The molecule has 3 amide bonds. The van der Waals surface area contributed by atoms with Gasteiger partial charge in [-0.1, -0.05) is 69.6 Å². The van der Waals surface area contributed by atoms with E-state index in [1.54, 1.807) is 0 Å². The van der Waals surface area contributed by atoms with Crippen molar-refractivity contribution in [2.75, 3.05) is 39.3 Å². The zero-order valence-electron chi connectivity index (χ0n) is 12.9. The molecule has 0 aliphatic carbocycles. The first-order valence-electron chi connectivity index (χ1n) is 7.05. The Morgan fingerprint density at radius 3 is 1.04 bits per heavy atom. The summed E-state index contributed by atoms with van der Waals surface area (Å²) < 4.78 is 0. The molecular weight excluding hydrogens is 461 g/mol. The van der Waals surface area contributed by atoms with Gasteiger partial charge in [-0.3, -0.25) is 19.3 Å². The van der Waals surface area contributed by atoms with Gasteiger partial charge in [-0.25, -0.2) is 0 Å². The van der Waals surface area contributed by atoms with Crippen LogP contribution >= 0.6 is 69.6 Å². The highest BCUT2D eigenvalue weighted by molar-refractivity contribution is 6.54. The molecule has 0 radical (unpaired) electrons. The Morgan fingerprint density at radius 2 is 0.840 bits per heavy atom. The fourth-order valence-electron chi connectivity index (χ4n) is 1.58.